The Morgan fingerprint density at radius 2 is 1.75 bits per heavy atom. The van der Waals surface area contributed by atoms with Gasteiger partial charge in [-0.05, 0) is 59.7 Å². The molecule has 0 fully saturated rings. The van der Waals surface area contributed by atoms with Gasteiger partial charge in [0.25, 0.3) is 0 Å². The van der Waals surface area contributed by atoms with Crippen molar-refractivity contribution in [2.45, 2.75) is 13.8 Å². The van der Waals surface area contributed by atoms with E-state index in [0.29, 0.717) is 5.95 Å². The molecular formula is C12H12IN3. The summed E-state index contributed by atoms with van der Waals surface area (Å²) in [6, 6.07) is 6.21. The first-order chi connectivity index (χ1) is 7.65. The lowest BCUT2D eigenvalue weighted by Crippen LogP contribution is -1.97. The van der Waals surface area contributed by atoms with Crippen LogP contribution in [-0.4, -0.2) is 9.97 Å². The highest BCUT2D eigenvalue weighted by atomic mass is 127. The van der Waals surface area contributed by atoms with Gasteiger partial charge in [-0.15, -0.1) is 0 Å². The van der Waals surface area contributed by atoms with E-state index in [9.17, 15) is 0 Å². The summed E-state index contributed by atoms with van der Waals surface area (Å²) in [4.78, 5) is 8.39. The average molecular weight is 325 g/mol. The van der Waals surface area contributed by atoms with Crippen LogP contribution in [0.25, 0.3) is 0 Å². The molecule has 0 radical (unpaired) electrons. The summed E-state index contributed by atoms with van der Waals surface area (Å²) in [5, 5.41) is 3.17. The Morgan fingerprint density at radius 3 is 2.38 bits per heavy atom. The molecule has 1 N–H and O–H groups in total. The first-order valence-corrected chi connectivity index (χ1v) is 6.05. The molecule has 0 aliphatic rings. The quantitative estimate of drug-likeness (QED) is 0.860. The SMILES string of the molecule is Cc1ccc(Nc2ncc(I)cn2)cc1C. The number of hydrogen-bond donors (Lipinski definition) is 1. The molecule has 1 aromatic heterocycles. The van der Waals surface area contributed by atoms with Crippen LogP contribution in [0.1, 0.15) is 11.1 Å². The normalized spacial score (nSPS) is 10.2. The van der Waals surface area contributed by atoms with Crippen molar-refractivity contribution in [2.24, 2.45) is 0 Å². The van der Waals surface area contributed by atoms with Gasteiger partial charge in [-0.1, -0.05) is 6.07 Å². The lowest BCUT2D eigenvalue weighted by atomic mass is 10.1. The van der Waals surface area contributed by atoms with Crippen LogP contribution in [0.15, 0.2) is 30.6 Å². The third kappa shape index (κ3) is 2.69. The Hall–Kier alpha value is -1.17. The van der Waals surface area contributed by atoms with E-state index in [1.54, 1.807) is 12.4 Å². The molecule has 0 aliphatic heterocycles. The van der Waals surface area contributed by atoms with Crippen molar-refractivity contribution < 1.29 is 0 Å². The smallest absolute Gasteiger partial charge is 0.227 e. The fourth-order valence-corrected chi connectivity index (χ4v) is 1.60. The number of nitrogens with one attached hydrogen (secondary N) is 1. The fourth-order valence-electron chi connectivity index (χ4n) is 1.33. The highest BCUT2D eigenvalue weighted by Crippen LogP contribution is 2.17. The monoisotopic (exact) mass is 325 g/mol. The maximum Gasteiger partial charge on any atom is 0.227 e. The number of anilines is 2. The van der Waals surface area contributed by atoms with Gasteiger partial charge < -0.3 is 5.32 Å². The standard InChI is InChI=1S/C12H12IN3/c1-8-3-4-11(5-9(8)2)16-12-14-6-10(13)7-15-12/h3-7H,1-2H3,(H,14,15,16). The van der Waals surface area contributed by atoms with Crippen LogP contribution in [0.2, 0.25) is 0 Å². The molecule has 1 heterocycles. The van der Waals surface area contributed by atoms with E-state index in [0.717, 1.165) is 9.26 Å². The molecule has 2 aromatic rings. The molecule has 0 saturated heterocycles. The fraction of sp³-hybridized carbons (Fsp3) is 0.167. The second-order valence-corrected chi connectivity index (χ2v) is 4.89. The van der Waals surface area contributed by atoms with Crippen LogP contribution < -0.4 is 5.32 Å². The van der Waals surface area contributed by atoms with Crippen LogP contribution in [0.5, 0.6) is 0 Å². The van der Waals surface area contributed by atoms with Crippen molar-refractivity contribution in [1.82, 2.24) is 9.97 Å². The zero-order valence-corrected chi connectivity index (χ0v) is 11.3. The minimum atomic E-state index is 0.628. The van der Waals surface area contributed by atoms with Crippen LogP contribution in [-0.2, 0) is 0 Å². The van der Waals surface area contributed by atoms with Crippen molar-refractivity contribution >= 4 is 34.2 Å². The van der Waals surface area contributed by atoms with Crippen LogP contribution in [0.4, 0.5) is 11.6 Å². The van der Waals surface area contributed by atoms with Gasteiger partial charge in [0.15, 0.2) is 0 Å². The van der Waals surface area contributed by atoms with Gasteiger partial charge in [-0.2, -0.15) is 0 Å². The van der Waals surface area contributed by atoms with E-state index in [1.165, 1.54) is 11.1 Å². The summed E-state index contributed by atoms with van der Waals surface area (Å²) < 4.78 is 1.03. The lowest BCUT2D eigenvalue weighted by molar-refractivity contribution is 1.15. The van der Waals surface area contributed by atoms with Gasteiger partial charge in [-0.25, -0.2) is 9.97 Å². The summed E-state index contributed by atoms with van der Waals surface area (Å²) in [7, 11) is 0. The Labute approximate surface area is 108 Å². The third-order valence-corrected chi connectivity index (χ3v) is 2.94. The molecular weight excluding hydrogens is 313 g/mol. The predicted molar refractivity (Wildman–Crippen MR) is 73.9 cm³/mol. The van der Waals surface area contributed by atoms with Crippen molar-refractivity contribution in [2.75, 3.05) is 5.32 Å². The number of aromatic nitrogens is 2. The molecule has 2 rings (SSSR count). The number of rotatable bonds is 2. The second kappa shape index (κ2) is 4.78. The zero-order valence-electron chi connectivity index (χ0n) is 9.16. The average Bonchev–Trinajstić information content (AvgIpc) is 2.27. The number of nitrogens with zero attached hydrogens (tertiary/aromatic N) is 2. The molecule has 0 spiro atoms. The van der Waals surface area contributed by atoms with Crippen LogP contribution in [0, 0.1) is 17.4 Å². The van der Waals surface area contributed by atoms with Gasteiger partial charge >= 0.3 is 0 Å². The molecule has 0 unspecified atom stereocenters. The van der Waals surface area contributed by atoms with Crippen molar-refractivity contribution in [3.05, 3.63) is 45.3 Å². The van der Waals surface area contributed by atoms with E-state index in [2.05, 4.69) is 63.9 Å². The number of hydrogen-bond acceptors (Lipinski definition) is 3. The third-order valence-electron chi connectivity index (χ3n) is 2.38. The van der Waals surface area contributed by atoms with Crippen LogP contribution >= 0.6 is 22.6 Å². The first-order valence-electron chi connectivity index (χ1n) is 4.97. The highest BCUT2D eigenvalue weighted by Gasteiger charge is 1.99. The van der Waals surface area contributed by atoms with Crippen molar-refractivity contribution in [1.29, 1.82) is 0 Å². The number of benzene rings is 1. The Morgan fingerprint density at radius 1 is 1.06 bits per heavy atom. The summed E-state index contributed by atoms with van der Waals surface area (Å²) in [6.07, 6.45) is 3.58. The Kier molecular flexibility index (Phi) is 3.38. The largest absolute Gasteiger partial charge is 0.324 e. The van der Waals surface area contributed by atoms with E-state index in [-0.39, 0.29) is 0 Å². The van der Waals surface area contributed by atoms with E-state index >= 15 is 0 Å². The van der Waals surface area contributed by atoms with Crippen LogP contribution in [0.3, 0.4) is 0 Å². The molecule has 16 heavy (non-hydrogen) atoms. The first kappa shape index (κ1) is 11.3. The van der Waals surface area contributed by atoms with Gasteiger partial charge in [0.05, 0.1) is 0 Å². The molecule has 3 nitrogen and oxygen atoms in total. The summed E-state index contributed by atoms with van der Waals surface area (Å²) in [5.41, 5.74) is 3.56. The maximum absolute atomic E-state index is 4.20. The van der Waals surface area contributed by atoms with Gasteiger partial charge in [-0.3, -0.25) is 0 Å². The molecule has 0 aliphatic carbocycles. The Balaban J connectivity index is 2.20. The van der Waals surface area contributed by atoms with E-state index in [4.69, 9.17) is 0 Å². The molecule has 82 valence electrons. The molecule has 0 saturated carbocycles. The molecule has 0 atom stereocenters. The molecule has 4 heteroatoms. The minimum Gasteiger partial charge on any atom is -0.324 e. The van der Waals surface area contributed by atoms with Gasteiger partial charge in [0.1, 0.15) is 0 Å². The van der Waals surface area contributed by atoms with E-state index < -0.39 is 0 Å². The second-order valence-electron chi connectivity index (χ2n) is 3.65. The maximum atomic E-state index is 4.20. The summed E-state index contributed by atoms with van der Waals surface area (Å²) in [5.74, 6) is 0.628. The van der Waals surface area contributed by atoms with E-state index in [1.807, 2.05) is 6.07 Å². The molecule has 0 bridgehead atoms. The topological polar surface area (TPSA) is 37.8 Å². The van der Waals surface area contributed by atoms with Crippen molar-refractivity contribution in [3.63, 3.8) is 0 Å². The zero-order chi connectivity index (χ0) is 11.5. The van der Waals surface area contributed by atoms with Crippen molar-refractivity contribution in [3.8, 4) is 0 Å². The number of aryl methyl sites for hydroxylation is 2. The summed E-state index contributed by atoms with van der Waals surface area (Å²) in [6.45, 7) is 4.19. The van der Waals surface area contributed by atoms with Gasteiger partial charge in [0, 0.05) is 21.7 Å². The lowest BCUT2D eigenvalue weighted by Gasteiger charge is -2.06. The Bertz CT molecular complexity index is 494. The highest BCUT2D eigenvalue weighted by molar-refractivity contribution is 14.1. The minimum absolute atomic E-state index is 0.628. The summed E-state index contributed by atoms with van der Waals surface area (Å²) >= 11 is 2.18. The predicted octanol–water partition coefficient (Wildman–Crippen LogP) is 3.44. The van der Waals surface area contributed by atoms with Gasteiger partial charge in [0.2, 0.25) is 5.95 Å². The molecule has 1 aromatic carbocycles. The number of halogens is 1. The molecule has 0 amide bonds.